The maximum absolute atomic E-state index is 13.1. The van der Waals surface area contributed by atoms with Gasteiger partial charge in [0.2, 0.25) is 5.91 Å². The van der Waals surface area contributed by atoms with Gasteiger partial charge in [0.15, 0.2) is 0 Å². The highest BCUT2D eigenvalue weighted by Gasteiger charge is 2.31. The van der Waals surface area contributed by atoms with Crippen LogP contribution in [0, 0.1) is 0 Å². The van der Waals surface area contributed by atoms with Gasteiger partial charge in [0.25, 0.3) is 5.91 Å². The van der Waals surface area contributed by atoms with Gasteiger partial charge in [-0.1, -0.05) is 49.4 Å². The van der Waals surface area contributed by atoms with Crippen LogP contribution in [0.25, 0.3) is 0 Å². The lowest BCUT2D eigenvalue weighted by Gasteiger charge is -2.31. The molecule has 1 saturated heterocycles. The molecule has 5 nitrogen and oxygen atoms in total. The molecule has 1 unspecified atom stereocenters. The van der Waals surface area contributed by atoms with Crippen molar-refractivity contribution in [2.75, 3.05) is 25.5 Å². The first kappa shape index (κ1) is 19.0. The highest BCUT2D eigenvalue weighted by atomic mass is 16.2. The summed E-state index contributed by atoms with van der Waals surface area (Å²) in [4.78, 5) is 29.7. The van der Waals surface area contributed by atoms with Crippen LogP contribution in [0.15, 0.2) is 54.6 Å². The fraction of sp³-hybridized carbons (Fsp3) is 0.364. The molecule has 1 N–H and O–H groups in total. The van der Waals surface area contributed by atoms with Gasteiger partial charge in [-0.2, -0.15) is 0 Å². The summed E-state index contributed by atoms with van der Waals surface area (Å²) < 4.78 is 0. The summed E-state index contributed by atoms with van der Waals surface area (Å²) in [5.41, 5.74) is 2.58. The van der Waals surface area contributed by atoms with E-state index in [1.54, 1.807) is 0 Å². The molecular formula is C22H27N3O2. The van der Waals surface area contributed by atoms with Crippen LogP contribution in [0.2, 0.25) is 0 Å². The van der Waals surface area contributed by atoms with Crippen LogP contribution in [0.4, 0.5) is 5.69 Å². The quantitative estimate of drug-likeness (QED) is 0.884. The fourth-order valence-electron chi connectivity index (χ4n) is 3.61. The van der Waals surface area contributed by atoms with E-state index < -0.39 is 0 Å². The van der Waals surface area contributed by atoms with Crippen molar-refractivity contribution < 1.29 is 9.59 Å². The molecule has 2 aromatic rings. The predicted molar refractivity (Wildman–Crippen MR) is 108 cm³/mol. The molecule has 1 aliphatic heterocycles. The standard InChI is InChI=1S/C22H27N3O2/c1-3-18-16-24(22(27)19-11-7-8-12-20(19)23-2)14-13-21(26)25(18)15-17-9-5-4-6-10-17/h4-12,18,23H,3,13-16H2,1-2H3. The summed E-state index contributed by atoms with van der Waals surface area (Å²) in [6.45, 7) is 3.68. The van der Waals surface area contributed by atoms with Crippen molar-refractivity contribution in [3.8, 4) is 0 Å². The number of nitrogens with zero attached hydrogens (tertiary/aromatic N) is 2. The van der Waals surface area contributed by atoms with Crippen molar-refractivity contribution >= 4 is 17.5 Å². The summed E-state index contributed by atoms with van der Waals surface area (Å²) in [6, 6.07) is 17.6. The molecule has 1 atom stereocenters. The number of anilines is 1. The Morgan fingerprint density at radius 1 is 1.11 bits per heavy atom. The second-order valence-electron chi connectivity index (χ2n) is 6.87. The normalized spacial score (nSPS) is 17.6. The van der Waals surface area contributed by atoms with Crippen LogP contribution in [-0.2, 0) is 11.3 Å². The van der Waals surface area contributed by atoms with E-state index in [0.29, 0.717) is 31.6 Å². The van der Waals surface area contributed by atoms with E-state index in [0.717, 1.165) is 17.7 Å². The van der Waals surface area contributed by atoms with Crippen LogP contribution >= 0.6 is 0 Å². The van der Waals surface area contributed by atoms with Gasteiger partial charge in [-0.15, -0.1) is 0 Å². The number of para-hydroxylation sites is 1. The van der Waals surface area contributed by atoms with Gasteiger partial charge in [-0.25, -0.2) is 0 Å². The van der Waals surface area contributed by atoms with Crippen LogP contribution in [0.5, 0.6) is 0 Å². The maximum Gasteiger partial charge on any atom is 0.256 e. The van der Waals surface area contributed by atoms with Gasteiger partial charge in [-0.05, 0) is 24.1 Å². The van der Waals surface area contributed by atoms with Crippen molar-refractivity contribution in [2.24, 2.45) is 0 Å². The number of rotatable bonds is 5. The number of nitrogens with one attached hydrogen (secondary N) is 1. The molecule has 5 heteroatoms. The van der Waals surface area contributed by atoms with Crippen LogP contribution < -0.4 is 5.32 Å². The third kappa shape index (κ3) is 4.30. The number of carbonyl (C=O) groups is 2. The largest absolute Gasteiger partial charge is 0.387 e. The lowest BCUT2D eigenvalue weighted by atomic mass is 10.1. The molecule has 2 aromatic carbocycles. The Morgan fingerprint density at radius 2 is 1.81 bits per heavy atom. The average molecular weight is 365 g/mol. The highest BCUT2D eigenvalue weighted by molar-refractivity contribution is 6.00. The second-order valence-corrected chi connectivity index (χ2v) is 6.87. The minimum Gasteiger partial charge on any atom is -0.387 e. The van der Waals surface area contributed by atoms with Gasteiger partial charge >= 0.3 is 0 Å². The first-order valence-corrected chi connectivity index (χ1v) is 9.53. The zero-order valence-corrected chi connectivity index (χ0v) is 16.0. The van der Waals surface area contributed by atoms with Gasteiger partial charge in [-0.3, -0.25) is 9.59 Å². The van der Waals surface area contributed by atoms with Crippen molar-refractivity contribution in [1.82, 2.24) is 9.80 Å². The van der Waals surface area contributed by atoms with Crippen LogP contribution in [0.1, 0.15) is 35.7 Å². The Hall–Kier alpha value is -2.82. The predicted octanol–water partition coefficient (Wildman–Crippen LogP) is 3.38. The molecule has 142 valence electrons. The minimum absolute atomic E-state index is 0.0194. The van der Waals surface area contributed by atoms with E-state index in [2.05, 4.69) is 12.2 Å². The zero-order chi connectivity index (χ0) is 19.2. The molecule has 27 heavy (non-hydrogen) atoms. The number of hydrogen-bond acceptors (Lipinski definition) is 3. The van der Waals surface area contributed by atoms with E-state index in [9.17, 15) is 9.59 Å². The van der Waals surface area contributed by atoms with Crippen molar-refractivity contribution in [3.05, 3.63) is 65.7 Å². The number of amides is 2. The van der Waals surface area contributed by atoms with Gasteiger partial charge in [0.05, 0.1) is 5.56 Å². The molecule has 0 spiro atoms. The topological polar surface area (TPSA) is 52.7 Å². The molecule has 1 heterocycles. The SMILES string of the molecule is CCC1CN(C(=O)c2ccccc2NC)CCC(=O)N1Cc1ccccc1. The Kier molecular flexibility index (Phi) is 6.12. The number of benzene rings is 2. The number of hydrogen-bond donors (Lipinski definition) is 1. The number of carbonyl (C=O) groups excluding carboxylic acids is 2. The lowest BCUT2D eigenvalue weighted by Crippen LogP contribution is -2.43. The molecule has 2 amide bonds. The first-order valence-electron chi connectivity index (χ1n) is 9.53. The first-order chi connectivity index (χ1) is 13.1. The molecule has 3 rings (SSSR count). The molecule has 0 aliphatic carbocycles. The maximum atomic E-state index is 13.1. The van der Waals surface area contributed by atoms with Crippen molar-refractivity contribution in [3.63, 3.8) is 0 Å². The van der Waals surface area contributed by atoms with E-state index in [4.69, 9.17) is 0 Å². The second kappa shape index (κ2) is 8.71. The summed E-state index contributed by atoms with van der Waals surface area (Å²) >= 11 is 0. The van der Waals surface area contributed by atoms with Gasteiger partial charge in [0.1, 0.15) is 0 Å². The molecule has 0 bridgehead atoms. The van der Waals surface area contributed by atoms with Gasteiger partial charge < -0.3 is 15.1 Å². The Balaban J connectivity index is 1.81. The average Bonchev–Trinajstić information content (AvgIpc) is 2.87. The smallest absolute Gasteiger partial charge is 0.256 e. The summed E-state index contributed by atoms with van der Waals surface area (Å²) in [5, 5.41) is 3.08. The minimum atomic E-state index is -0.0206. The van der Waals surface area contributed by atoms with Crippen LogP contribution in [0.3, 0.4) is 0 Å². The monoisotopic (exact) mass is 365 g/mol. The third-order valence-corrected chi connectivity index (χ3v) is 5.17. The van der Waals surface area contributed by atoms with Crippen molar-refractivity contribution in [1.29, 1.82) is 0 Å². The molecule has 1 aliphatic rings. The van der Waals surface area contributed by atoms with E-state index >= 15 is 0 Å². The summed E-state index contributed by atoms with van der Waals surface area (Å²) in [7, 11) is 1.81. The van der Waals surface area contributed by atoms with Crippen molar-refractivity contribution in [2.45, 2.75) is 32.4 Å². The Morgan fingerprint density at radius 3 is 2.52 bits per heavy atom. The molecule has 1 fully saturated rings. The summed E-state index contributed by atoms with van der Waals surface area (Å²) in [6.07, 6.45) is 1.17. The lowest BCUT2D eigenvalue weighted by molar-refractivity contribution is -0.133. The zero-order valence-electron chi connectivity index (χ0n) is 16.0. The Bertz CT molecular complexity index is 791. The molecular weight excluding hydrogens is 338 g/mol. The highest BCUT2D eigenvalue weighted by Crippen LogP contribution is 2.22. The van der Waals surface area contributed by atoms with Gasteiger partial charge in [0, 0.05) is 44.8 Å². The summed E-state index contributed by atoms with van der Waals surface area (Å²) in [5.74, 6) is 0.0932. The van der Waals surface area contributed by atoms with Crippen LogP contribution in [-0.4, -0.2) is 47.8 Å². The van der Waals surface area contributed by atoms with E-state index in [1.807, 2.05) is 71.4 Å². The third-order valence-electron chi connectivity index (χ3n) is 5.17. The molecule has 0 radical (unpaired) electrons. The Labute approximate surface area is 161 Å². The van der Waals surface area contributed by atoms with E-state index in [-0.39, 0.29) is 17.9 Å². The fourth-order valence-corrected chi connectivity index (χ4v) is 3.61. The van der Waals surface area contributed by atoms with E-state index in [1.165, 1.54) is 0 Å². The molecule has 0 aromatic heterocycles. The molecule has 0 saturated carbocycles.